The van der Waals surface area contributed by atoms with Crippen molar-refractivity contribution in [3.63, 3.8) is 0 Å². The zero-order valence-electron chi connectivity index (χ0n) is 11.1. The van der Waals surface area contributed by atoms with Gasteiger partial charge in [-0.15, -0.1) is 0 Å². The van der Waals surface area contributed by atoms with E-state index in [-0.39, 0.29) is 17.7 Å². The second-order valence-corrected chi connectivity index (χ2v) is 5.00. The first-order chi connectivity index (χ1) is 8.22. The molecule has 0 aromatic carbocycles. The monoisotopic (exact) mass is 236 g/mol. The van der Waals surface area contributed by atoms with E-state index in [0.717, 1.165) is 45.1 Å². The van der Waals surface area contributed by atoms with Gasteiger partial charge in [0, 0.05) is 19.0 Å². The molecule has 96 valence electrons. The number of carbonyl (C=O) groups excluding carboxylic acids is 1. The number of nitrogens with zero attached hydrogens (tertiary/aromatic N) is 2. The lowest BCUT2D eigenvalue weighted by Crippen LogP contribution is -2.42. The first kappa shape index (κ1) is 14.0. The molecule has 1 amide bonds. The van der Waals surface area contributed by atoms with Gasteiger partial charge >= 0.3 is 0 Å². The molecule has 1 heterocycles. The first-order valence-electron chi connectivity index (χ1n) is 6.91. The Morgan fingerprint density at radius 2 is 2.29 bits per heavy atom. The maximum atomic E-state index is 12.3. The van der Waals surface area contributed by atoms with E-state index >= 15 is 0 Å². The third-order valence-corrected chi connectivity index (χ3v) is 3.66. The third kappa shape index (κ3) is 4.03. The average molecular weight is 236 g/mol. The molecule has 2 atom stereocenters. The van der Waals surface area contributed by atoms with Crippen LogP contribution in [0.5, 0.6) is 0 Å². The van der Waals surface area contributed by atoms with Crippen LogP contribution in [0.25, 0.3) is 0 Å². The molecule has 0 radical (unpaired) electrons. The molecule has 1 rings (SSSR count). The Labute approximate surface area is 105 Å². The number of hydrogen-bond donors (Lipinski definition) is 0. The van der Waals surface area contributed by atoms with E-state index in [1.165, 1.54) is 0 Å². The van der Waals surface area contributed by atoms with E-state index in [1.54, 1.807) is 0 Å². The zero-order chi connectivity index (χ0) is 12.7. The Bertz CT molecular complexity index is 282. The number of likely N-dealkylation sites (tertiary alicyclic amines) is 1. The highest BCUT2D eigenvalue weighted by Crippen LogP contribution is 2.21. The summed E-state index contributed by atoms with van der Waals surface area (Å²) in [6, 6.07) is 2.29. The molecule has 3 heteroatoms. The van der Waals surface area contributed by atoms with Crippen molar-refractivity contribution in [1.82, 2.24) is 4.90 Å². The van der Waals surface area contributed by atoms with Crippen LogP contribution in [-0.2, 0) is 4.79 Å². The standard InChI is InChI=1S/C14H24N2O/c1-3-5-8-13(4-2)14(17)16-9-6-7-12(10-15)11-16/h12-13H,3-9,11H2,1-2H3. The molecule has 2 unspecified atom stereocenters. The summed E-state index contributed by atoms with van der Waals surface area (Å²) in [7, 11) is 0. The van der Waals surface area contributed by atoms with Crippen LogP contribution in [0.1, 0.15) is 52.4 Å². The van der Waals surface area contributed by atoms with Gasteiger partial charge in [-0.05, 0) is 25.7 Å². The fraction of sp³-hybridized carbons (Fsp3) is 0.857. The van der Waals surface area contributed by atoms with Gasteiger partial charge in [0.1, 0.15) is 0 Å². The predicted octanol–water partition coefficient (Wildman–Crippen LogP) is 2.96. The molecule has 1 aliphatic rings. The molecular weight excluding hydrogens is 212 g/mol. The van der Waals surface area contributed by atoms with Crippen LogP contribution in [0.3, 0.4) is 0 Å². The number of hydrogen-bond acceptors (Lipinski definition) is 2. The lowest BCUT2D eigenvalue weighted by Gasteiger charge is -2.32. The summed E-state index contributed by atoms with van der Waals surface area (Å²) < 4.78 is 0. The molecule has 0 aliphatic carbocycles. The Balaban J connectivity index is 2.52. The lowest BCUT2D eigenvalue weighted by atomic mass is 9.94. The van der Waals surface area contributed by atoms with Crippen molar-refractivity contribution < 1.29 is 4.79 Å². The predicted molar refractivity (Wildman–Crippen MR) is 68.2 cm³/mol. The lowest BCUT2D eigenvalue weighted by molar-refractivity contribution is -0.137. The number of nitriles is 1. The van der Waals surface area contributed by atoms with Crippen molar-refractivity contribution in [1.29, 1.82) is 5.26 Å². The van der Waals surface area contributed by atoms with Crippen molar-refractivity contribution in [3.05, 3.63) is 0 Å². The van der Waals surface area contributed by atoms with Gasteiger partial charge < -0.3 is 4.90 Å². The van der Waals surface area contributed by atoms with E-state index in [1.807, 2.05) is 4.90 Å². The molecular formula is C14H24N2O. The van der Waals surface area contributed by atoms with Gasteiger partial charge in [0.05, 0.1) is 12.0 Å². The molecule has 3 nitrogen and oxygen atoms in total. The van der Waals surface area contributed by atoms with E-state index in [2.05, 4.69) is 19.9 Å². The summed E-state index contributed by atoms with van der Waals surface area (Å²) in [5, 5.41) is 8.94. The van der Waals surface area contributed by atoms with Crippen LogP contribution >= 0.6 is 0 Å². The molecule has 0 aromatic heterocycles. The van der Waals surface area contributed by atoms with Crippen LogP contribution < -0.4 is 0 Å². The highest BCUT2D eigenvalue weighted by molar-refractivity contribution is 5.78. The van der Waals surface area contributed by atoms with Crippen LogP contribution in [-0.4, -0.2) is 23.9 Å². The molecule has 17 heavy (non-hydrogen) atoms. The van der Waals surface area contributed by atoms with E-state index in [4.69, 9.17) is 5.26 Å². The fourth-order valence-electron chi connectivity index (χ4n) is 2.49. The molecule has 1 saturated heterocycles. The maximum absolute atomic E-state index is 12.3. The minimum absolute atomic E-state index is 0.0522. The molecule has 0 aromatic rings. The maximum Gasteiger partial charge on any atom is 0.225 e. The van der Waals surface area contributed by atoms with Crippen LogP contribution in [0, 0.1) is 23.2 Å². The fourth-order valence-corrected chi connectivity index (χ4v) is 2.49. The van der Waals surface area contributed by atoms with Crippen LogP contribution in [0.2, 0.25) is 0 Å². The Morgan fingerprint density at radius 1 is 1.53 bits per heavy atom. The quantitative estimate of drug-likeness (QED) is 0.736. The smallest absolute Gasteiger partial charge is 0.225 e. The zero-order valence-corrected chi connectivity index (χ0v) is 11.1. The first-order valence-corrected chi connectivity index (χ1v) is 6.91. The van der Waals surface area contributed by atoms with Crippen molar-refractivity contribution in [2.75, 3.05) is 13.1 Å². The van der Waals surface area contributed by atoms with E-state index in [9.17, 15) is 4.79 Å². The number of amides is 1. The Morgan fingerprint density at radius 3 is 2.88 bits per heavy atom. The molecule has 0 saturated carbocycles. The van der Waals surface area contributed by atoms with E-state index in [0.29, 0.717) is 6.54 Å². The second-order valence-electron chi connectivity index (χ2n) is 5.00. The summed E-state index contributed by atoms with van der Waals surface area (Å²) in [6.45, 7) is 5.74. The van der Waals surface area contributed by atoms with Crippen LogP contribution in [0.4, 0.5) is 0 Å². The summed E-state index contributed by atoms with van der Waals surface area (Å²) in [5.74, 6) is 0.504. The van der Waals surface area contributed by atoms with Gasteiger partial charge in [-0.3, -0.25) is 4.79 Å². The number of piperidine rings is 1. The van der Waals surface area contributed by atoms with Gasteiger partial charge in [0.15, 0.2) is 0 Å². The van der Waals surface area contributed by atoms with Gasteiger partial charge in [-0.25, -0.2) is 0 Å². The van der Waals surface area contributed by atoms with E-state index < -0.39 is 0 Å². The molecule has 1 fully saturated rings. The number of carbonyl (C=O) groups is 1. The minimum Gasteiger partial charge on any atom is -0.341 e. The third-order valence-electron chi connectivity index (χ3n) is 3.66. The molecule has 0 spiro atoms. The topological polar surface area (TPSA) is 44.1 Å². The highest BCUT2D eigenvalue weighted by atomic mass is 16.2. The molecule has 0 bridgehead atoms. The van der Waals surface area contributed by atoms with Crippen LogP contribution in [0.15, 0.2) is 0 Å². The SMILES string of the molecule is CCCCC(CC)C(=O)N1CCCC(C#N)C1. The van der Waals surface area contributed by atoms with Crippen molar-refractivity contribution in [3.8, 4) is 6.07 Å². The Kier molecular flexibility index (Phi) is 6.04. The minimum atomic E-state index is 0.0522. The molecule has 0 N–H and O–H groups in total. The van der Waals surface area contributed by atoms with Gasteiger partial charge in [-0.1, -0.05) is 26.7 Å². The summed E-state index contributed by atoms with van der Waals surface area (Å²) in [6.07, 6.45) is 6.12. The summed E-state index contributed by atoms with van der Waals surface area (Å²) in [5.41, 5.74) is 0. The second kappa shape index (κ2) is 7.32. The van der Waals surface area contributed by atoms with Crippen molar-refractivity contribution in [2.24, 2.45) is 11.8 Å². The van der Waals surface area contributed by atoms with Crippen molar-refractivity contribution >= 4 is 5.91 Å². The summed E-state index contributed by atoms with van der Waals surface area (Å²) in [4.78, 5) is 14.2. The average Bonchev–Trinajstić information content (AvgIpc) is 2.39. The Hall–Kier alpha value is -1.04. The highest BCUT2D eigenvalue weighted by Gasteiger charge is 2.27. The largest absolute Gasteiger partial charge is 0.341 e. The summed E-state index contributed by atoms with van der Waals surface area (Å²) >= 11 is 0. The van der Waals surface area contributed by atoms with Gasteiger partial charge in [0.25, 0.3) is 0 Å². The van der Waals surface area contributed by atoms with Gasteiger partial charge in [0.2, 0.25) is 5.91 Å². The normalized spacial score (nSPS) is 21.9. The van der Waals surface area contributed by atoms with Gasteiger partial charge in [-0.2, -0.15) is 5.26 Å². The molecule has 1 aliphatic heterocycles. The van der Waals surface area contributed by atoms with Crippen molar-refractivity contribution in [2.45, 2.75) is 52.4 Å². The number of rotatable bonds is 5. The number of unbranched alkanes of at least 4 members (excludes halogenated alkanes) is 1.